The second-order valence-corrected chi connectivity index (χ2v) is 2.92. The van der Waals surface area contributed by atoms with Crippen LogP contribution < -0.4 is 5.73 Å². The van der Waals surface area contributed by atoms with Crippen molar-refractivity contribution in [2.45, 2.75) is 12.5 Å². The fraction of sp³-hybridized carbons (Fsp3) is 0.333. The van der Waals surface area contributed by atoms with Crippen molar-refractivity contribution >= 4 is 0 Å². The molecule has 78 valence electrons. The summed E-state index contributed by atoms with van der Waals surface area (Å²) in [6.45, 7) is -0.130. The topological polar surface area (TPSA) is 46.2 Å². The maximum absolute atomic E-state index is 13.0. The van der Waals surface area contributed by atoms with Crippen LogP contribution in [-0.2, 0) is 6.42 Å². The van der Waals surface area contributed by atoms with Crippen LogP contribution in [0.5, 0.6) is 0 Å². The maximum Gasteiger partial charge on any atom is 0.165 e. The predicted molar refractivity (Wildman–Crippen MR) is 45.1 cm³/mol. The first kappa shape index (κ1) is 11.0. The van der Waals surface area contributed by atoms with Gasteiger partial charge in [-0.25, -0.2) is 13.2 Å². The fourth-order valence-corrected chi connectivity index (χ4v) is 1.08. The minimum Gasteiger partial charge on any atom is -0.391 e. The summed E-state index contributed by atoms with van der Waals surface area (Å²) in [5, 5.41) is 9.07. The molecule has 14 heavy (non-hydrogen) atoms. The van der Waals surface area contributed by atoms with Crippen molar-refractivity contribution in [3.63, 3.8) is 0 Å². The highest BCUT2D eigenvalue weighted by Gasteiger charge is 2.16. The maximum atomic E-state index is 13.0. The number of aliphatic hydroxyl groups excluding tert-OH is 1. The minimum atomic E-state index is -1.27. The first-order valence-corrected chi connectivity index (χ1v) is 4.06. The number of halogens is 3. The van der Waals surface area contributed by atoms with Gasteiger partial charge in [-0.2, -0.15) is 0 Å². The Kier molecular flexibility index (Phi) is 3.49. The largest absolute Gasteiger partial charge is 0.391 e. The van der Waals surface area contributed by atoms with E-state index in [9.17, 15) is 13.2 Å². The summed E-state index contributed by atoms with van der Waals surface area (Å²) in [7, 11) is 0. The lowest BCUT2D eigenvalue weighted by molar-refractivity contribution is 0.180. The average molecular weight is 205 g/mol. The zero-order chi connectivity index (χ0) is 10.7. The Morgan fingerprint density at radius 2 is 1.79 bits per heavy atom. The smallest absolute Gasteiger partial charge is 0.165 e. The van der Waals surface area contributed by atoms with Gasteiger partial charge in [-0.15, -0.1) is 0 Å². The fourth-order valence-electron chi connectivity index (χ4n) is 1.08. The molecule has 0 fully saturated rings. The highest BCUT2D eigenvalue weighted by atomic mass is 19.2. The van der Waals surface area contributed by atoms with E-state index in [1.165, 1.54) is 0 Å². The second-order valence-electron chi connectivity index (χ2n) is 2.92. The third-order valence-electron chi connectivity index (χ3n) is 1.85. The van der Waals surface area contributed by atoms with Gasteiger partial charge < -0.3 is 10.8 Å². The zero-order valence-electron chi connectivity index (χ0n) is 7.30. The molecular weight excluding hydrogens is 195 g/mol. The van der Waals surface area contributed by atoms with E-state index in [0.717, 1.165) is 6.07 Å². The van der Waals surface area contributed by atoms with Crippen LogP contribution in [-0.4, -0.2) is 17.8 Å². The third-order valence-corrected chi connectivity index (χ3v) is 1.85. The lowest BCUT2D eigenvalue weighted by atomic mass is 10.1. The highest BCUT2D eigenvalue weighted by Crippen LogP contribution is 2.17. The van der Waals surface area contributed by atoms with Gasteiger partial charge in [0, 0.05) is 18.5 Å². The standard InChI is InChI=1S/C9H10F3NO/c10-7-1-2-8(11)9(12)6(7)3-5(14)4-13/h1-2,5,14H,3-4,13H2. The highest BCUT2D eigenvalue weighted by molar-refractivity contribution is 5.21. The van der Waals surface area contributed by atoms with Crippen LogP contribution in [0.2, 0.25) is 0 Å². The van der Waals surface area contributed by atoms with Crippen molar-refractivity contribution in [3.05, 3.63) is 35.1 Å². The van der Waals surface area contributed by atoms with Gasteiger partial charge in [-0.05, 0) is 12.1 Å². The summed E-state index contributed by atoms with van der Waals surface area (Å²) in [5.41, 5.74) is 4.60. The van der Waals surface area contributed by atoms with Crippen molar-refractivity contribution in [3.8, 4) is 0 Å². The molecule has 0 heterocycles. The quantitative estimate of drug-likeness (QED) is 0.722. The van der Waals surface area contributed by atoms with E-state index in [1.807, 2.05) is 0 Å². The molecule has 0 amide bonds. The van der Waals surface area contributed by atoms with Gasteiger partial charge in [0.05, 0.1) is 6.10 Å². The van der Waals surface area contributed by atoms with Crippen molar-refractivity contribution in [2.24, 2.45) is 5.73 Å². The summed E-state index contributed by atoms with van der Waals surface area (Å²) in [6, 6.07) is 1.51. The third kappa shape index (κ3) is 2.24. The number of rotatable bonds is 3. The molecule has 0 aromatic heterocycles. The Hall–Kier alpha value is -1.07. The molecule has 0 spiro atoms. The van der Waals surface area contributed by atoms with Crippen molar-refractivity contribution in [2.75, 3.05) is 6.54 Å². The van der Waals surface area contributed by atoms with E-state index in [4.69, 9.17) is 10.8 Å². The molecule has 1 unspecified atom stereocenters. The van der Waals surface area contributed by atoms with Crippen LogP contribution in [0, 0.1) is 17.5 Å². The molecule has 1 aromatic rings. The van der Waals surface area contributed by atoms with E-state index < -0.39 is 29.1 Å². The molecule has 1 aromatic carbocycles. The van der Waals surface area contributed by atoms with Gasteiger partial charge in [0.15, 0.2) is 11.6 Å². The Morgan fingerprint density at radius 1 is 1.21 bits per heavy atom. The molecule has 0 radical (unpaired) electrons. The van der Waals surface area contributed by atoms with Gasteiger partial charge in [0.2, 0.25) is 0 Å². The van der Waals surface area contributed by atoms with Gasteiger partial charge in [0.25, 0.3) is 0 Å². The van der Waals surface area contributed by atoms with Crippen molar-refractivity contribution in [1.29, 1.82) is 0 Å². The van der Waals surface area contributed by atoms with Crippen LogP contribution in [0.25, 0.3) is 0 Å². The van der Waals surface area contributed by atoms with Crippen LogP contribution in [0.4, 0.5) is 13.2 Å². The lowest BCUT2D eigenvalue weighted by Crippen LogP contribution is -2.23. The number of nitrogens with two attached hydrogens (primary N) is 1. The van der Waals surface area contributed by atoms with Crippen LogP contribution in [0.15, 0.2) is 12.1 Å². The van der Waals surface area contributed by atoms with E-state index >= 15 is 0 Å². The number of benzene rings is 1. The monoisotopic (exact) mass is 205 g/mol. The molecule has 0 aliphatic carbocycles. The van der Waals surface area contributed by atoms with Gasteiger partial charge >= 0.3 is 0 Å². The summed E-state index contributed by atoms with van der Waals surface area (Å²) < 4.78 is 38.6. The van der Waals surface area contributed by atoms with Crippen molar-refractivity contribution in [1.82, 2.24) is 0 Å². The first-order chi connectivity index (χ1) is 6.56. The molecule has 0 saturated carbocycles. The Bertz CT molecular complexity index is 330. The SMILES string of the molecule is NCC(O)Cc1c(F)ccc(F)c1F. The Balaban J connectivity index is 3.00. The lowest BCUT2D eigenvalue weighted by Gasteiger charge is -2.09. The van der Waals surface area contributed by atoms with Gasteiger partial charge in [0.1, 0.15) is 5.82 Å². The zero-order valence-corrected chi connectivity index (χ0v) is 7.30. The van der Waals surface area contributed by atoms with Crippen molar-refractivity contribution < 1.29 is 18.3 Å². The summed E-state index contributed by atoms with van der Waals surface area (Å²) in [4.78, 5) is 0. The molecule has 0 saturated heterocycles. The van der Waals surface area contributed by atoms with E-state index in [1.54, 1.807) is 0 Å². The molecule has 3 N–H and O–H groups in total. The van der Waals surface area contributed by atoms with Crippen LogP contribution in [0.3, 0.4) is 0 Å². The molecular formula is C9H10F3NO. The van der Waals surface area contributed by atoms with E-state index in [0.29, 0.717) is 6.07 Å². The predicted octanol–water partition coefficient (Wildman–Crippen LogP) is 0.966. The Morgan fingerprint density at radius 3 is 2.36 bits per heavy atom. The molecule has 0 aliphatic rings. The summed E-state index contributed by atoms with van der Waals surface area (Å²) >= 11 is 0. The number of hydrogen-bond donors (Lipinski definition) is 2. The van der Waals surface area contributed by atoms with E-state index in [-0.39, 0.29) is 13.0 Å². The van der Waals surface area contributed by atoms with E-state index in [2.05, 4.69) is 0 Å². The molecule has 0 bridgehead atoms. The summed E-state index contributed by atoms with van der Waals surface area (Å²) in [5.74, 6) is -3.28. The second kappa shape index (κ2) is 4.43. The average Bonchev–Trinajstić information content (AvgIpc) is 2.18. The molecule has 1 atom stereocenters. The number of aliphatic hydroxyl groups is 1. The molecule has 0 aliphatic heterocycles. The van der Waals surface area contributed by atoms with Crippen LogP contribution in [0.1, 0.15) is 5.56 Å². The van der Waals surface area contributed by atoms with Crippen LogP contribution >= 0.6 is 0 Å². The Labute approximate surface area is 79.2 Å². The minimum absolute atomic E-state index is 0.130. The molecule has 2 nitrogen and oxygen atoms in total. The molecule has 5 heteroatoms. The number of hydrogen-bond acceptors (Lipinski definition) is 2. The molecule has 1 rings (SSSR count). The van der Waals surface area contributed by atoms with Gasteiger partial charge in [-0.1, -0.05) is 0 Å². The first-order valence-electron chi connectivity index (χ1n) is 4.06. The normalized spacial score (nSPS) is 12.9. The summed E-state index contributed by atoms with van der Waals surface area (Å²) in [6.07, 6.45) is -1.40. The van der Waals surface area contributed by atoms with Gasteiger partial charge in [-0.3, -0.25) is 0 Å².